The highest BCUT2D eigenvalue weighted by Gasteiger charge is 2.11. The van der Waals surface area contributed by atoms with E-state index in [4.69, 9.17) is 11.6 Å². The highest BCUT2D eigenvalue weighted by Crippen LogP contribution is 2.10. The Balaban J connectivity index is 2.64. The van der Waals surface area contributed by atoms with E-state index >= 15 is 0 Å². The average molecular weight is 269 g/mol. The molecule has 1 N–H and O–H groups in total. The van der Waals surface area contributed by atoms with Crippen LogP contribution in [0, 0.1) is 5.92 Å². The van der Waals surface area contributed by atoms with Crippen LogP contribution in [0.1, 0.15) is 18.1 Å². The van der Waals surface area contributed by atoms with Crippen LogP contribution in [0.4, 0.5) is 0 Å². The van der Waals surface area contributed by atoms with E-state index in [1.807, 2.05) is 39.2 Å². The van der Waals surface area contributed by atoms with Crippen molar-refractivity contribution < 1.29 is 4.79 Å². The van der Waals surface area contributed by atoms with Crippen molar-refractivity contribution in [1.29, 1.82) is 0 Å². The standard InChI is InChI=1S/C14H21ClN2O/c1-11(8-15)14(18)16-9-12-6-4-5-7-13(12)10-17(2)3/h4-7,11H,8-10H2,1-3H3,(H,16,18). The summed E-state index contributed by atoms with van der Waals surface area (Å²) >= 11 is 5.66. The molecule has 1 atom stereocenters. The molecule has 1 rings (SSSR count). The second-order valence-electron chi connectivity index (χ2n) is 4.78. The maximum atomic E-state index is 11.7. The molecule has 1 aromatic rings. The van der Waals surface area contributed by atoms with Gasteiger partial charge in [0.05, 0.1) is 0 Å². The number of hydrogen-bond acceptors (Lipinski definition) is 2. The van der Waals surface area contributed by atoms with Gasteiger partial charge in [-0.25, -0.2) is 0 Å². The van der Waals surface area contributed by atoms with Crippen LogP contribution in [0.5, 0.6) is 0 Å². The first-order chi connectivity index (χ1) is 8.54. The Labute approximate surface area is 114 Å². The van der Waals surface area contributed by atoms with Crippen LogP contribution in [0.2, 0.25) is 0 Å². The quantitative estimate of drug-likeness (QED) is 0.803. The lowest BCUT2D eigenvalue weighted by Gasteiger charge is -2.15. The SMILES string of the molecule is CC(CCl)C(=O)NCc1ccccc1CN(C)C. The Morgan fingerprint density at radius 1 is 1.33 bits per heavy atom. The Bertz CT molecular complexity index is 393. The Hall–Kier alpha value is -1.06. The molecular formula is C14H21ClN2O. The Morgan fingerprint density at radius 2 is 1.94 bits per heavy atom. The molecule has 0 fully saturated rings. The van der Waals surface area contributed by atoms with Crippen molar-refractivity contribution in [2.24, 2.45) is 5.92 Å². The van der Waals surface area contributed by atoms with Crippen LogP contribution >= 0.6 is 11.6 Å². The summed E-state index contributed by atoms with van der Waals surface area (Å²) in [5.41, 5.74) is 2.39. The minimum absolute atomic E-state index is 0.00431. The molecule has 0 aromatic heterocycles. The summed E-state index contributed by atoms with van der Waals surface area (Å²) in [6, 6.07) is 8.15. The van der Waals surface area contributed by atoms with Crippen molar-refractivity contribution in [3.63, 3.8) is 0 Å². The fourth-order valence-electron chi connectivity index (χ4n) is 1.65. The molecule has 4 heteroatoms. The highest BCUT2D eigenvalue weighted by molar-refractivity contribution is 6.19. The molecule has 0 bridgehead atoms. The number of carbonyl (C=O) groups excluding carboxylic acids is 1. The van der Waals surface area contributed by atoms with Crippen LogP contribution < -0.4 is 5.32 Å². The van der Waals surface area contributed by atoms with Gasteiger partial charge >= 0.3 is 0 Å². The second-order valence-corrected chi connectivity index (χ2v) is 5.09. The van der Waals surface area contributed by atoms with Gasteiger partial charge in [0.25, 0.3) is 0 Å². The van der Waals surface area contributed by atoms with Gasteiger partial charge in [0.2, 0.25) is 5.91 Å². The monoisotopic (exact) mass is 268 g/mol. The van der Waals surface area contributed by atoms with Crippen molar-refractivity contribution in [3.05, 3.63) is 35.4 Å². The van der Waals surface area contributed by atoms with E-state index in [0.29, 0.717) is 12.4 Å². The molecule has 100 valence electrons. The van der Waals surface area contributed by atoms with E-state index in [0.717, 1.165) is 12.1 Å². The van der Waals surface area contributed by atoms with Crippen LogP contribution in [0.3, 0.4) is 0 Å². The van der Waals surface area contributed by atoms with E-state index in [1.54, 1.807) is 0 Å². The van der Waals surface area contributed by atoms with Crippen LogP contribution in [-0.4, -0.2) is 30.8 Å². The summed E-state index contributed by atoms with van der Waals surface area (Å²) in [5.74, 6) is 0.211. The van der Waals surface area contributed by atoms with Crippen LogP contribution in [-0.2, 0) is 17.9 Å². The molecule has 1 unspecified atom stereocenters. The molecule has 18 heavy (non-hydrogen) atoms. The van der Waals surface area contributed by atoms with Gasteiger partial charge in [0, 0.05) is 24.9 Å². The lowest BCUT2D eigenvalue weighted by molar-refractivity contribution is -0.124. The number of halogens is 1. The average Bonchev–Trinajstić information content (AvgIpc) is 2.35. The van der Waals surface area contributed by atoms with E-state index < -0.39 is 0 Å². The first kappa shape index (κ1) is 15.0. The summed E-state index contributed by atoms with van der Waals surface area (Å²) in [6.45, 7) is 3.26. The summed E-state index contributed by atoms with van der Waals surface area (Å²) in [5, 5.41) is 2.92. The predicted molar refractivity (Wildman–Crippen MR) is 75.6 cm³/mol. The van der Waals surface area contributed by atoms with E-state index in [2.05, 4.69) is 16.3 Å². The van der Waals surface area contributed by atoms with Crippen molar-refractivity contribution in [3.8, 4) is 0 Å². The molecule has 0 saturated carbocycles. The van der Waals surface area contributed by atoms with Crippen molar-refractivity contribution in [2.75, 3.05) is 20.0 Å². The van der Waals surface area contributed by atoms with Gasteiger partial charge in [0.15, 0.2) is 0 Å². The van der Waals surface area contributed by atoms with Gasteiger partial charge < -0.3 is 10.2 Å². The van der Waals surface area contributed by atoms with Gasteiger partial charge in [-0.2, -0.15) is 0 Å². The second kappa shape index (κ2) is 7.39. The number of alkyl halides is 1. The zero-order chi connectivity index (χ0) is 13.5. The number of nitrogens with one attached hydrogen (secondary N) is 1. The van der Waals surface area contributed by atoms with Gasteiger partial charge in [-0.05, 0) is 25.2 Å². The lowest BCUT2D eigenvalue weighted by Crippen LogP contribution is -2.30. The predicted octanol–water partition coefficient (Wildman–Crippen LogP) is 2.24. The highest BCUT2D eigenvalue weighted by atomic mass is 35.5. The molecule has 0 aliphatic rings. The maximum Gasteiger partial charge on any atom is 0.224 e. The Morgan fingerprint density at radius 3 is 2.50 bits per heavy atom. The minimum atomic E-state index is -0.146. The largest absolute Gasteiger partial charge is 0.352 e. The number of nitrogens with zero attached hydrogens (tertiary/aromatic N) is 1. The summed E-state index contributed by atoms with van der Waals surface area (Å²) < 4.78 is 0. The van der Waals surface area contributed by atoms with E-state index in [-0.39, 0.29) is 11.8 Å². The van der Waals surface area contributed by atoms with Gasteiger partial charge in [-0.15, -0.1) is 11.6 Å². The fourth-order valence-corrected chi connectivity index (χ4v) is 1.79. The first-order valence-electron chi connectivity index (χ1n) is 6.09. The zero-order valence-electron chi connectivity index (χ0n) is 11.2. The molecule has 0 heterocycles. The number of carbonyl (C=O) groups is 1. The summed E-state index contributed by atoms with van der Waals surface area (Å²) in [7, 11) is 4.07. The smallest absolute Gasteiger partial charge is 0.224 e. The molecule has 3 nitrogen and oxygen atoms in total. The van der Waals surface area contributed by atoms with Gasteiger partial charge in [-0.1, -0.05) is 31.2 Å². The lowest BCUT2D eigenvalue weighted by atomic mass is 10.1. The summed E-state index contributed by atoms with van der Waals surface area (Å²) in [4.78, 5) is 13.8. The minimum Gasteiger partial charge on any atom is -0.352 e. The van der Waals surface area contributed by atoms with Crippen LogP contribution in [0.25, 0.3) is 0 Å². The third-order valence-electron chi connectivity index (χ3n) is 2.74. The molecule has 1 amide bonds. The molecule has 1 aromatic carbocycles. The normalized spacial score (nSPS) is 12.5. The third kappa shape index (κ3) is 4.67. The van der Waals surface area contributed by atoms with E-state index in [1.165, 1.54) is 5.56 Å². The fraction of sp³-hybridized carbons (Fsp3) is 0.500. The molecule has 0 spiro atoms. The van der Waals surface area contributed by atoms with Crippen molar-refractivity contribution >= 4 is 17.5 Å². The van der Waals surface area contributed by atoms with Crippen molar-refractivity contribution in [2.45, 2.75) is 20.0 Å². The molecule has 0 aliphatic heterocycles. The molecule has 0 aliphatic carbocycles. The maximum absolute atomic E-state index is 11.7. The number of benzene rings is 1. The summed E-state index contributed by atoms with van der Waals surface area (Å²) in [6.07, 6.45) is 0. The van der Waals surface area contributed by atoms with Gasteiger partial charge in [0.1, 0.15) is 0 Å². The molecule has 0 radical (unpaired) electrons. The van der Waals surface area contributed by atoms with Crippen molar-refractivity contribution in [1.82, 2.24) is 10.2 Å². The number of rotatable bonds is 6. The van der Waals surface area contributed by atoms with E-state index in [9.17, 15) is 4.79 Å². The van der Waals surface area contributed by atoms with Crippen LogP contribution in [0.15, 0.2) is 24.3 Å². The molecular weight excluding hydrogens is 248 g/mol. The Kier molecular flexibility index (Phi) is 6.16. The first-order valence-corrected chi connectivity index (χ1v) is 6.63. The third-order valence-corrected chi connectivity index (χ3v) is 3.20. The number of amides is 1. The molecule has 0 saturated heterocycles. The van der Waals surface area contributed by atoms with Gasteiger partial charge in [-0.3, -0.25) is 4.79 Å². The number of hydrogen-bond donors (Lipinski definition) is 1. The zero-order valence-corrected chi connectivity index (χ0v) is 12.0. The topological polar surface area (TPSA) is 32.3 Å².